The lowest BCUT2D eigenvalue weighted by atomic mass is 9.99. The Morgan fingerprint density at radius 1 is 0.446 bits per heavy atom. The van der Waals surface area contributed by atoms with Crippen LogP contribution >= 0.6 is 0 Å². The van der Waals surface area contributed by atoms with Gasteiger partial charge in [0.05, 0.1) is 25.4 Å². The lowest BCUT2D eigenvalue weighted by molar-refractivity contribution is -0.302. The van der Waals surface area contributed by atoms with E-state index in [9.17, 15) is 30.3 Å². The first-order chi connectivity index (χ1) is 36.3. The molecule has 7 atom stereocenters. The highest BCUT2D eigenvalue weighted by molar-refractivity contribution is 5.76. The molecule has 1 aliphatic heterocycles. The van der Waals surface area contributed by atoms with Crippen molar-refractivity contribution < 1.29 is 39.8 Å². The first kappa shape index (κ1) is 70.4. The second-order valence-electron chi connectivity index (χ2n) is 22.5. The van der Waals surface area contributed by atoms with E-state index in [1.807, 2.05) is 6.08 Å². The van der Waals surface area contributed by atoms with E-state index in [0.29, 0.717) is 6.42 Å². The van der Waals surface area contributed by atoms with Crippen LogP contribution in [0, 0.1) is 0 Å². The maximum Gasteiger partial charge on any atom is 0.220 e. The molecule has 9 nitrogen and oxygen atoms in total. The molecule has 1 saturated heterocycles. The van der Waals surface area contributed by atoms with Crippen molar-refractivity contribution in [2.45, 2.75) is 358 Å². The van der Waals surface area contributed by atoms with Gasteiger partial charge < -0.3 is 40.3 Å². The van der Waals surface area contributed by atoms with Gasteiger partial charge in [0, 0.05) is 6.42 Å². The molecule has 0 spiro atoms. The van der Waals surface area contributed by atoms with Gasteiger partial charge in [-0.25, -0.2) is 0 Å². The third kappa shape index (κ3) is 43.4. The molecular formula is C65H123NO8. The number of amides is 1. The molecule has 9 heteroatoms. The van der Waals surface area contributed by atoms with Gasteiger partial charge in [-0.1, -0.05) is 301 Å². The molecule has 7 unspecified atom stereocenters. The van der Waals surface area contributed by atoms with Crippen molar-refractivity contribution in [3.8, 4) is 0 Å². The van der Waals surface area contributed by atoms with Gasteiger partial charge in [-0.05, 0) is 44.9 Å². The number of carbonyl (C=O) groups excluding carboxylic acids is 1. The number of ether oxygens (including phenoxy) is 2. The van der Waals surface area contributed by atoms with Crippen LogP contribution in [0.5, 0.6) is 0 Å². The molecule has 1 amide bonds. The van der Waals surface area contributed by atoms with Gasteiger partial charge in [0.25, 0.3) is 0 Å². The molecule has 0 bridgehead atoms. The lowest BCUT2D eigenvalue weighted by Crippen LogP contribution is -2.60. The second kappa shape index (κ2) is 54.8. The molecule has 0 aromatic heterocycles. The molecule has 0 saturated carbocycles. The molecule has 0 radical (unpaired) electrons. The van der Waals surface area contributed by atoms with Gasteiger partial charge in [0.1, 0.15) is 24.4 Å². The first-order valence-corrected chi connectivity index (χ1v) is 32.2. The predicted octanol–water partition coefficient (Wildman–Crippen LogP) is 16.7. The van der Waals surface area contributed by atoms with E-state index >= 15 is 0 Å². The van der Waals surface area contributed by atoms with Gasteiger partial charge in [-0.3, -0.25) is 4.79 Å². The first-order valence-electron chi connectivity index (χ1n) is 32.2. The van der Waals surface area contributed by atoms with E-state index in [4.69, 9.17) is 9.47 Å². The Morgan fingerprint density at radius 2 is 0.770 bits per heavy atom. The summed E-state index contributed by atoms with van der Waals surface area (Å²) < 4.78 is 11.3. The summed E-state index contributed by atoms with van der Waals surface area (Å²) in [5, 5.41) is 54.5. The summed E-state index contributed by atoms with van der Waals surface area (Å²) in [6.07, 6.45) is 65.4. The standard InChI is InChI=1S/C65H123NO8/c1-3-5-7-9-11-13-15-17-19-21-22-23-24-25-26-27-28-29-30-31-32-33-34-35-36-37-38-39-41-43-45-47-49-51-53-55-61(69)66-58(57-73-65-64(72)63(71)62(70)60(56-67)74-65)59(68)54-52-50-48-46-44-42-40-20-18-16-14-12-10-8-6-4-2/h18,20,44,46,52,54,58-60,62-65,67-68,70-72H,3-17,19,21-43,45,47-51,53,55-57H2,1-2H3,(H,66,69)/b20-18+,46-44+,54-52+. The van der Waals surface area contributed by atoms with Crippen molar-refractivity contribution in [2.75, 3.05) is 13.2 Å². The number of aliphatic hydroxyl groups is 5. The molecule has 6 N–H and O–H groups in total. The summed E-state index contributed by atoms with van der Waals surface area (Å²) in [6, 6.07) is -0.826. The predicted molar refractivity (Wildman–Crippen MR) is 313 cm³/mol. The average molecular weight is 1050 g/mol. The number of nitrogens with one attached hydrogen (secondary N) is 1. The minimum absolute atomic E-state index is 0.185. The fraction of sp³-hybridized carbons (Fsp3) is 0.892. The van der Waals surface area contributed by atoms with Gasteiger partial charge in [0.2, 0.25) is 5.91 Å². The number of allylic oxidation sites excluding steroid dienone is 5. The van der Waals surface area contributed by atoms with E-state index in [-0.39, 0.29) is 12.5 Å². The number of carbonyl (C=O) groups is 1. The second-order valence-corrected chi connectivity index (χ2v) is 22.5. The van der Waals surface area contributed by atoms with Crippen molar-refractivity contribution in [1.82, 2.24) is 5.32 Å². The van der Waals surface area contributed by atoms with Crippen molar-refractivity contribution in [3.05, 3.63) is 36.5 Å². The summed E-state index contributed by atoms with van der Waals surface area (Å²) >= 11 is 0. The Hall–Kier alpha value is -1.59. The number of unbranched alkanes of at least 4 members (excludes halogenated alkanes) is 42. The number of rotatable bonds is 56. The zero-order valence-electron chi connectivity index (χ0n) is 48.6. The van der Waals surface area contributed by atoms with Gasteiger partial charge in [-0.15, -0.1) is 0 Å². The van der Waals surface area contributed by atoms with E-state index in [1.165, 1.54) is 244 Å². The van der Waals surface area contributed by atoms with Gasteiger partial charge in [-0.2, -0.15) is 0 Å². The Bertz CT molecular complexity index is 1260. The highest BCUT2D eigenvalue weighted by atomic mass is 16.7. The SMILES string of the molecule is CCCCCCCC/C=C/CC/C=C/CC/C=C/C(O)C(COC1OC(CO)C(O)C(O)C1O)NC(=O)CCCCCCCCCCCCCCCCCCCCCCCCCCCCCCCCCCCCC. The number of aliphatic hydroxyl groups excluding tert-OH is 5. The quantitative estimate of drug-likeness (QED) is 0.0261. The Morgan fingerprint density at radius 3 is 1.14 bits per heavy atom. The molecule has 1 fully saturated rings. The van der Waals surface area contributed by atoms with Crippen LogP contribution in [0.2, 0.25) is 0 Å². The van der Waals surface area contributed by atoms with Crippen LogP contribution in [0.3, 0.4) is 0 Å². The van der Waals surface area contributed by atoms with E-state index < -0.39 is 49.5 Å². The zero-order chi connectivity index (χ0) is 53.6. The topological polar surface area (TPSA) is 149 Å². The van der Waals surface area contributed by atoms with Crippen LogP contribution in [0.4, 0.5) is 0 Å². The summed E-state index contributed by atoms with van der Waals surface area (Å²) in [6.45, 7) is 3.78. The summed E-state index contributed by atoms with van der Waals surface area (Å²) in [7, 11) is 0. The minimum Gasteiger partial charge on any atom is -0.394 e. The Kier molecular flexibility index (Phi) is 52.1. The molecule has 0 aromatic carbocycles. The maximum atomic E-state index is 13.1. The third-order valence-electron chi connectivity index (χ3n) is 15.4. The summed E-state index contributed by atoms with van der Waals surface area (Å²) in [5.74, 6) is -0.185. The molecule has 0 aliphatic carbocycles. The van der Waals surface area contributed by atoms with Gasteiger partial charge >= 0.3 is 0 Å². The van der Waals surface area contributed by atoms with E-state index in [0.717, 1.165) is 51.4 Å². The van der Waals surface area contributed by atoms with Crippen LogP contribution in [0.1, 0.15) is 316 Å². The van der Waals surface area contributed by atoms with Crippen LogP contribution in [-0.2, 0) is 14.3 Å². The summed E-state index contributed by atoms with van der Waals surface area (Å²) in [5.41, 5.74) is 0. The highest BCUT2D eigenvalue weighted by Crippen LogP contribution is 2.23. The van der Waals surface area contributed by atoms with Gasteiger partial charge in [0.15, 0.2) is 6.29 Å². The van der Waals surface area contributed by atoms with Crippen LogP contribution in [0.25, 0.3) is 0 Å². The highest BCUT2D eigenvalue weighted by Gasteiger charge is 2.44. The smallest absolute Gasteiger partial charge is 0.220 e. The normalized spacial score (nSPS) is 19.1. The number of hydrogen-bond donors (Lipinski definition) is 6. The van der Waals surface area contributed by atoms with E-state index in [1.54, 1.807) is 6.08 Å². The molecule has 436 valence electrons. The minimum atomic E-state index is -1.57. The Balaban J connectivity index is 2.09. The Labute approximate surface area is 457 Å². The lowest BCUT2D eigenvalue weighted by Gasteiger charge is -2.40. The van der Waals surface area contributed by atoms with E-state index in [2.05, 4.69) is 43.5 Å². The fourth-order valence-electron chi connectivity index (χ4n) is 10.4. The maximum absolute atomic E-state index is 13.1. The monoisotopic (exact) mass is 1050 g/mol. The third-order valence-corrected chi connectivity index (χ3v) is 15.4. The molecule has 74 heavy (non-hydrogen) atoms. The molecule has 1 aliphatic rings. The average Bonchev–Trinajstić information content (AvgIpc) is 3.40. The van der Waals surface area contributed by atoms with Crippen LogP contribution in [-0.4, -0.2) is 87.5 Å². The van der Waals surface area contributed by atoms with Crippen LogP contribution < -0.4 is 5.32 Å². The number of hydrogen-bond acceptors (Lipinski definition) is 8. The molecule has 0 aromatic rings. The largest absolute Gasteiger partial charge is 0.394 e. The molecule has 1 heterocycles. The fourth-order valence-corrected chi connectivity index (χ4v) is 10.4. The van der Waals surface area contributed by atoms with Crippen molar-refractivity contribution >= 4 is 5.91 Å². The van der Waals surface area contributed by atoms with Crippen LogP contribution in [0.15, 0.2) is 36.5 Å². The van der Waals surface area contributed by atoms with Crippen molar-refractivity contribution in [1.29, 1.82) is 0 Å². The van der Waals surface area contributed by atoms with Crippen molar-refractivity contribution in [2.24, 2.45) is 0 Å². The summed E-state index contributed by atoms with van der Waals surface area (Å²) in [4.78, 5) is 13.1. The molecular weight excluding hydrogens is 923 g/mol. The van der Waals surface area contributed by atoms with Crippen molar-refractivity contribution in [3.63, 3.8) is 0 Å². The molecule has 1 rings (SSSR count). The zero-order valence-corrected chi connectivity index (χ0v) is 48.6.